The molecule has 0 radical (unpaired) electrons. The van der Waals surface area contributed by atoms with Gasteiger partial charge in [0, 0.05) is 11.6 Å². The van der Waals surface area contributed by atoms with Gasteiger partial charge in [0.05, 0.1) is 6.61 Å². The largest absolute Gasteiger partial charge is 0.469 e. The lowest BCUT2D eigenvalue weighted by molar-refractivity contribution is -0.139. The van der Waals surface area contributed by atoms with Crippen LogP contribution in [0.15, 0.2) is 12.2 Å². The first-order valence-electron chi connectivity index (χ1n) is 13.9. The molecule has 0 bridgehead atoms. The van der Waals surface area contributed by atoms with Crippen LogP contribution in [0.3, 0.4) is 0 Å². The van der Waals surface area contributed by atoms with Crippen LogP contribution in [-0.2, 0) is 21.9 Å². The Morgan fingerprint density at radius 3 is 1.15 bits per heavy atom. The third kappa shape index (κ3) is 9.44. The molecular weight excluding hydrogens is 493 g/mol. The van der Waals surface area contributed by atoms with Gasteiger partial charge in [-0.25, -0.2) is 4.79 Å². The molecule has 0 N–H and O–H groups in total. The SMILES string of the molecule is C=C(C)C(=O)OCCC[Si](O[Si](CC)(CC)CC)(O[Si](CC)(CC)CC)O[Si](CC)(CC)CC. The third-order valence-corrected chi connectivity index (χ3v) is 29.6. The Hall–Kier alpha value is -0.0425. The lowest BCUT2D eigenvalue weighted by Gasteiger charge is -2.48. The Morgan fingerprint density at radius 1 is 0.618 bits per heavy atom. The molecule has 5 nitrogen and oxygen atoms in total. The van der Waals surface area contributed by atoms with E-state index in [0.717, 1.165) is 60.4 Å². The van der Waals surface area contributed by atoms with Crippen molar-refractivity contribution in [3.8, 4) is 0 Å². The van der Waals surface area contributed by atoms with Crippen molar-refractivity contribution in [3.63, 3.8) is 0 Å². The number of rotatable bonds is 20. The Morgan fingerprint density at radius 2 is 0.912 bits per heavy atom. The van der Waals surface area contributed by atoms with Crippen molar-refractivity contribution < 1.29 is 21.9 Å². The Kier molecular flexibility index (Phi) is 15.9. The average Bonchev–Trinajstić information content (AvgIpc) is 2.87. The van der Waals surface area contributed by atoms with Crippen LogP contribution in [0, 0.1) is 0 Å². The van der Waals surface area contributed by atoms with Crippen molar-refractivity contribution in [3.05, 3.63) is 12.2 Å². The highest BCUT2D eigenvalue weighted by atomic mass is 28.5. The second-order valence-corrected chi connectivity index (χ2v) is 27.5. The predicted octanol–water partition coefficient (Wildman–Crippen LogP) is 8.50. The number of ether oxygens (including phenoxy) is 1. The fraction of sp³-hybridized carbons (Fsp3) is 0.880. The van der Waals surface area contributed by atoms with E-state index in [-0.39, 0.29) is 5.97 Å². The fourth-order valence-electron chi connectivity index (χ4n) is 4.68. The van der Waals surface area contributed by atoms with Gasteiger partial charge >= 0.3 is 14.8 Å². The standard InChI is InChI=1S/C25H56O5Si4/c1-12-31(13-2,14-3)28-34(29-32(15-4,16-5)17-6,30-33(18-7,19-8)20-9)23-21-22-27-25(26)24(10)11/h10,12-23H2,1-9,11H3. The molecule has 0 saturated carbocycles. The second kappa shape index (κ2) is 15.9. The minimum atomic E-state index is -3.02. The molecular formula is C25H56O5Si4. The fourth-order valence-corrected chi connectivity index (χ4v) is 25.7. The van der Waals surface area contributed by atoms with Crippen molar-refractivity contribution in [2.24, 2.45) is 0 Å². The van der Waals surface area contributed by atoms with Gasteiger partial charge in [-0.2, -0.15) is 0 Å². The summed E-state index contributed by atoms with van der Waals surface area (Å²) >= 11 is 0. The summed E-state index contributed by atoms with van der Waals surface area (Å²) in [5.74, 6) is -0.326. The van der Waals surface area contributed by atoms with Crippen LogP contribution < -0.4 is 0 Å². The van der Waals surface area contributed by atoms with Crippen LogP contribution in [0.2, 0.25) is 60.4 Å². The van der Waals surface area contributed by atoms with E-state index in [4.69, 9.17) is 17.1 Å². The monoisotopic (exact) mass is 548 g/mol. The predicted molar refractivity (Wildman–Crippen MR) is 156 cm³/mol. The van der Waals surface area contributed by atoms with Gasteiger partial charge in [-0.05, 0) is 67.7 Å². The molecule has 0 spiro atoms. The first kappa shape index (κ1) is 34.0. The second-order valence-electron chi connectivity index (χ2n) is 9.74. The minimum Gasteiger partial charge on any atom is -0.462 e. The summed E-state index contributed by atoms with van der Waals surface area (Å²) in [6.07, 6.45) is 0.704. The van der Waals surface area contributed by atoms with Gasteiger partial charge in [0.1, 0.15) is 0 Å². The molecule has 0 aromatic rings. The molecule has 0 atom stereocenters. The van der Waals surface area contributed by atoms with E-state index in [1.54, 1.807) is 6.92 Å². The topological polar surface area (TPSA) is 54.0 Å². The van der Waals surface area contributed by atoms with Gasteiger partial charge in [-0.3, -0.25) is 0 Å². The van der Waals surface area contributed by atoms with E-state index in [1.165, 1.54) is 0 Å². The van der Waals surface area contributed by atoms with Gasteiger partial charge in [0.25, 0.3) is 0 Å². The highest BCUT2D eigenvalue weighted by molar-refractivity contribution is 6.92. The van der Waals surface area contributed by atoms with Gasteiger partial charge in [0.15, 0.2) is 25.0 Å². The van der Waals surface area contributed by atoms with Crippen LogP contribution in [0.5, 0.6) is 0 Å². The molecule has 0 heterocycles. The zero-order valence-corrected chi connectivity index (χ0v) is 28.2. The van der Waals surface area contributed by atoms with Gasteiger partial charge in [-0.15, -0.1) is 0 Å². The van der Waals surface area contributed by atoms with Crippen molar-refractivity contribution in [1.82, 2.24) is 0 Å². The van der Waals surface area contributed by atoms with E-state index in [1.807, 2.05) is 0 Å². The summed E-state index contributed by atoms with van der Waals surface area (Å²) in [5.41, 5.74) is 0.436. The first-order valence-corrected chi connectivity index (χ1v) is 23.4. The summed E-state index contributed by atoms with van der Waals surface area (Å²) in [5, 5.41) is 0. The minimum absolute atomic E-state index is 0.326. The average molecular weight is 549 g/mol. The Balaban J connectivity index is 6.50. The van der Waals surface area contributed by atoms with Crippen molar-refractivity contribution in [2.75, 3.05) is 6.61 Å². The molecule has 0 unspecified atom stereocenters. The molecule has 0 aliphatic heterocycles. The maximum atomic E-state index is 12.0. The molecule has 0 aromatic carbocycles. The summed E-state index contributed by atoms with van der Waals surface area (Å²) in [7, 11) is -9.00. The van der Waals surface area contributed by atoms with E-state index in [2.05, 4.69) is 68.9 Å². The Bertz CT molecular complexity index is 522. The smallest absolute Gasteiger partial charge is 0.462 e. The normalized spacial score (nSPS) is 13.2. The highest BCUT2D eigenvalue weighted by Crippen LogP contribution is 2.39. The number of carbonyl (C=O) groups is 1. The summed E-state index contributed by atoms with van der Waals surface area (Å²) in [6.45, 7) is 26.3. The number of esters is 1. The van der Waals surface area contributed by atoms with Gasteiger partial charge in [0.2, 0.25) is 0 Å². The molecule has 0 aliphatic carbocycles. The van der Waals surface area contributed by atoms with Crippen LogP contribution in [0.4, 0.5) is 0 Å². The number of hydrogen-bond donors (Lipinski definition) is 0. The molecule has 0 saturated heterocycles. The summed E-state index contributed by atoms with van der Waals surface area (Å²) in [4.78, 5) is 12.0. The quantitative estimate of drug-likeness (QED) is 0.0660. The molecule has 0 amide bonds. The van der Waals surface area contributed by atoms with E-state index in [0.29, 0.717) is 18.6 Å². The highest BCUT2D eigenvalue weighted by Gasteiger charge is 2.55. The van der Waals surface area contributed by atoms with E-state index >= 15 is 0 Å². The van der Waals surface area contributed by atoms with Crippen LogP contribution >= 0.6 is 0 Å². The summed E-state index contributed by atoms with van der Waals surface area (Å²) < 4.78 is 27.7. The molecule has 34 heavy (non-hydrogen) atoms. The molecule has 0 rings (SSSR count). The van der Waals surface area contributed by atoms with E-state index < -0.39 is 33.8 Å². The first-order chi connectivity index (χ1) is 16.0. The van der Waals surface area contributed by atoms with Crippen molar-refractivity contribution in [2.45, 2.75) is 136 Å². The number of carbonyl (C=O) groups excluding carboxylic acids is 1. The van der Waals surface area contributed by atoms with Gasteiger partial charge < -0.3 is 17.1 Å². The molecule has 202 valence electrons. The number of hydrogen-bond acceptors (Lipinski definition) is 5. The molecule has 0 fully saturated rings. The maximum Gasteiger partial charge on any atom is 0.469 e. The Labute approximate surface area is 216 Å². The van der Waals surface area contributed by atoms with Gasteiger partial charge in [-0.1, -0.05) is 68.9 Å². The summed E-state index contributed by atoms with van der Waals surface area (Å²) in [6, 6.07) is 10.4. The maximum absolute atomic E-state index is 12.0. The van der Waals surface area contributed by atoms with Crippen LogP contribution in [-0.4, -0.2) is 46.3 Å². The van der Waals surface area contributed by atoms with E-state index in [9.17, 15) is 4.79 Å². The molecule has 0 aliphatic rings. The van der Waals surface area contributed by atoms with Crippen LogP contribution in [0.1, 0.15) is 75.7 Å². The van der Waals surface area contributed by atoms with Crippen LogP contribution in [0.25, 0.3) is 0 Å². The zero-order valence-electron chi connectivity index (χ0n) is 24.2. The zero-order chi connectivity index (χ0) is 26.5. The van der Waals surface area contributed by atoms with Crippen molar-refractivity contribution >= 4 is 39.7 Å². The molecule has 9 heteroatoms. The molecule has 0 aromatic heterocycles. The third-order valence-electron chi connectivity index (χ3n) is 8.12. The lowest BCUT2D eigenvalue weighted by atomic mass is 10.4. The lowest BCUT2D eigenvalue weighted by Crippen LogP contribution is -2.64. The van der Waals surface area contributed by atoms with Crippen molar-refractivity contribution in [1.29, 1.82) is 0 Å².